The molecule has 1 rings (SSSR count). The highest BCUT2D eigenvalue weighted by Crippen LogP contribution is 2.16. The van der Waals surface area contributed by atoms with E-state index in [1.54, 1.807) is 24.3 Å². The van der Waals surface area contributed by atoms with Gasteiger partial charge in [0.2, 0.25) is 0 Å². The summed E-state index contributed by atoms with van der Waals surface area (Å²) in [7, 11) is 0. The van der Waals surface area contributed by atoms with Gasteiger partial charge in [-0.05, 0) is 36.6 Å². The number of amides is 2. The zero-order chi connectivity index (χ0) is 19.9. The quantitative estimate of drug-likeness (QED) is 0.379. The number of carbonyl (C=O) groups is 2. The second kappa shape index (κ2) is 14.1. The van der Waals surface area contributed by atoms with Crippen LogP contribution in [0.3, 0.4) is 0 Å². The topological polar surface area (TPSA) is 67.4 Å². The number of benzene rings is 1. The van der Waals surface area contributed by atoms with Gasteiger partial charge < -0.3 is 15.4 Å². The van der Waals surface area contributed by atoms with Crippen LogP contribution in [-0.2, 0) is 9.59 Å². The molecule has 0 spiro atoms. The van der Waals surface area contributed by atoms with Crippen molar-refractivity contribution in [3.63, 3.8) is 0 Å². The van der Waals surface area contributed by atoms with Gasteiger partial charge in [-0.15, -0.1) is 0 Å². The molecule has 0 aliphatic heterocycles. The van der Waals surface area contributed by atoms with Crippen molar-refractivity contribution in [2.75, 3.05) is 18.5 Å². The van der Waals surface area contributed by atoms with Crippen molar-refractivity contribution in [1.82, 2.24) is 5.32 Å². The molecular formula is C22H36N2O3. The van der Waals surface area contributed by atoms with Crippen molar-refractivity contribution < 1.29 is 14.3 Å². The minimum atomic E-state index is -0.634. The van der Waals surface area contributed by atoms with Gasteiger partial charge in [-0.1, -0.05) is 65.7 Å². The van der Waals surface area contributed by atoms with Gasteiger partial charge in [0.05, 0.1) is 6.61 Å². The van der Waals surface area contributed by atoms with E-state index in [9.17, 15) is 9.59 Å². The Morgan fingerprint density at radius 2 is 1.48 bits per heavy atom. The number of unbranched alkanes of at least 4 members (excludes halogenated alkanes) is 7. The molecule has 0 saturated carbocycles. The third kappa shape index (κ3) is 11.3. The Kier molecular flexibility index (Phi) is 12.0. The van der Waals surface area contributed by atoms with Gasteiger partial charge in [-0.2, -0.15) is 0 Å². The minimum Gasteiger partial charge on any atom is -0.493 e. The van der Waals surface area contributed by atoms with Crippen molar-refractivity contribution >= 4 is 17.5 Å². The predicted octanol–water partition coefficient (Wildman–Crippen LogP) is 4.92. The largest absolute Gasteiger partial charge is 0.493 e. The van der Waals surface area contributed by atoms with E-state index in [1.807, 2.05) is 0 Å². The van der Waals surface area contributed by atoms with Gasteiger partial charge in [-0.25, -0.2) is 0 Å². The van der Waals surface area contributed by atoms with Gasteiger partial charge in [0, 0.05) is 12.2 Å². The summed E-state index contributed by atoms with van der Waals surface area (Å²) in [5.74, 6) is -0.0153. The van der Waals surface area contributed by atoms with Gasteiger partial charge in [0.15, 0.2) is 0 Å². The average molecular weight is 377 g/mol. The molecule has 0 radical (unpaired) electrons. The number of hydrogen-bond acceptors (Lipinski definition) is 3. The van der Waals surface area contributed by atoms with E-state index < -0.39 is 11.8 Å². The van der Waals surface area contributed by atoms with E-state index in [-0.39, 0.29) is 0 Å². The highest BCUT2D eigenvalue weighted by molar-refractivity contribution is 6.39. The monoisotopic (exact) mass is 376 g/mol. The summed E-state index contributed by atoms with van der Waals surface area (Å²) < 4.78 is 5.60. The molecule has 2 N–H and O–H groups in total. The van der Waals surface area contributed by atoms with Gasteiger partial charge >= 0.3 is 11.8 Å². The molecule has 0 saturated heterocycles. The molecule has 0 aliphatic carbocycles. The summed E-state index contributed by atoms with van der Waals surface area (Å²) in [6.07, 6.45) is 9.65. The molecule has 27 heavy (non-hydrogen) atoms. The lowest BCUT2D eigenvalue weighted by atomic mass is 10.1. The third-order valence-electron chi connectivity index (χ3n) is 4.22. The van der Waals surface area contributed by atoms with E-state index in [1.165, 1.54) is 38.5 Å². The Morgan fingerprint density at radius 3 is 2.07 bits per heavy atom. The van der Waals surface area contributed by atoms with Crippen LogP contribution in [0.2, 0.25) is 0 Å². The van der Waals surface area contributed by atoms with Crippen LogP contribution in [-0.4, -0.2) is 25.0 Å². The molecule has 1 aromatic carbocycles. The predicted molar refractivity (Wildman–Crippen MR) is 111 cm³/mol. The summed E-state index contributed by atoms with van der Waals surface area (Å²) in [4.78, 5) is 23.8. The molecule has 0 atom stereocenters. The first-order valence-corrected chi connectivity index (χ1v) is 10.3. The first-order valence-electron chi connectivity index (χ1n) is 10.3. The first-order chi connectivity index (χ1) is 13.0. The van der Waals surface area contributed by atoms with Crippen LogP contribution in [0, 0.1) is 5.92 Å². The Hall–Kier alpha value is -2.04. The summed E-state index contributed by atoms with van der Waals surface area (Å²) in [6.45, 7) is 7.58. The highest BCUT2D eigenvalue weighted by Gasteiger charge is 2.12. The summed E-state index contributed by atoms with van der Waals surface area (Å²) >= 11 is 0. The maximum atomic E-state index is 11.9. The minimum absolute atomic E-state index is 0.453. The molecular weight excluding hydrogens is 340 g/mol. The normalized spacial score (nSPS) is 10.7. The molecule has 152 valence electrons. The van der Waals surface area contributed by atoms with Crippen LogP contribution >= 0.6 is 0 Å². The Bertz CT molecular complexity index is 541. The van der Waals surface area contributed by atoms with Crippen molar-refractivity contribution in [3.8, 4) is 5.75 Å². The Morgan fingerprint density at radius 1 is 0.889 bits per heavy atom. The Labute approximate surface area is 164 Å². The second-order valence-corrected chi connectivity index (χ2v) is 7.41. The standard InChI is InChI=1S/C22H36N2O3/c1-4-5-6-7-8-9-10-11-16-23-21(25)22(26)24-19-12-14-20(15-13-19)27-17-18(2)3/h12-15,18H,4-11,16-17H2,1-3H3,(H,23,25)(H,24,26). The number of carbonyl (C=O) groups excluding carboxylic acids is 2. The van der Waals surface area contributed by atoms with E-state index >= 15 is 0 Å². The zero-order valence-corrected chi connectivity index (χ0v) is 17.2. The fourth-order valence-electron chi connectivity index (χ4n) is 2.63. The Balaban J connectivity index is 2.16. The molecule has 0 heterocycles. The van der Waals surface area contributed by atoms with Gasteiger partial charge in [0.1, 0.15) is 5.75 Å². The lowest BCUT2D eigenvalue weighted by Gasteiger charge is -2.10. The molecule has 0 aliphatic rings. The van der Waals surface area contributed by atoms with Crippen LogP contribution in [0.15, 0.2) is 24.3 Å². The lowest BCUT2D eigenvalue weighted by molar-refractivity contribution is -0.136. The maximum absolute atomic E-state index is 11.9. The fourth-order valence-corrected chi connectivity index (χ4v) is 2.63. The summed E-state index contributed by atoms with van der Waals surface area (Å²) in [5, 5.41) is 5.29. The molecule has 2 amide bonds. The molecule has 1 aromatic rings. The van der Waals surface area contributed by atoms with Crippen LogP contribution in [0.1, 0.15) is 72.1 Å². The number of anilines is 1. The summed E-state index contributed by atoms with van der Waals surface area (Å²) in [6, 6.07) is 7.05. The fraction of sp³-hybridized carbons (Fsp3) is 0.636. The van der Waals surface area contributed by atoms with Crippen LogP contribution < -0.4 is 15.4 Å². The van der Waals surface area contributed by atoms with E-state index in [0.29, 0.717) is 24.8 Å². The molecule has 0 bridgehead atoms. The van der Waals surface area contributed by atoms with E-state index in [0.717, 1.165) is 18.6 Å². The molecule has 0 unspecified atom stereocenters. The van der Waals surface area contributed by atoms with E-state index in [2.05, 4.69) is 31.4 Å². The molecule has 5 nitrogen and oxygen atoms in total. The maximum Gasteiger partial charge on any atom is 0.313 e. The zero-order valence-electron chi connectivity index (χ0n) is 17.2. The number of rotatable bonds is 13. The van der Waals surface area contributed by atoms with E-state index in [4.69, 9.17) is 4.74 Å². The number of nitrogens with one attached hydrogen (secondary N) is 2. The first kappa shape index (κ1) is 23.0. The van der Waals surface area contributed by atoms with Crippen LogP contribution in [0.4, 0.5) is 5.69 Å². The second-order valence-electron chi connectivity index (χ2n) is 7.41. The highest BCUT2D eigenvalue weighted by atomic mass is 16.5. The molecule has 0 fully saturated rings. The van der Waals surface area contributed by atoms with Crippen molar-refractivity contribution in [3.05, 3.63) is 24.3 Å². The number of hydrogen-bond donors (Lipinski definition) is 2. The third-order valence-corrected chi connectivity index (χ3v) is 4.22. The van der Waals surface area contributed by atoms with Crippen molar-refractivity contribution in [2.45, 2.75) is 72.1 Å². The smallest absolute Gasteiger partial charge is 0.313 e. The summed E-state index contributed by atoms with van der Waals surface area (Å²) in [5.41, 5.74) is 0.583. The van der Waals surface area contributed by atoms with Crippen molar-refractivity contribution in [1.29, 1.82) is 0 Å². The average Bonchev–Trinajstić information content (AvgIpc) is 2.65. The molecule has 5 heteroatoms. The number of ether oxygens (including phenoxy) is 1. The van der Waals surface area contributed by atoms with Gasteiger partial charge in [-0.3, -0.25) is 9.59 Å². The lowest BCUT2D eigenvalue weighted by Crippen LogP contribution is -2.35. The van der Waals surface area contributed by atoms with Crippen molar-refractivity contribution in [2.24, 2.45) is 5.92 Å². The molecule has 0 aromatic heterocycles. The SMILES string of the molecule is CCCCCCCCCCNC(=O)C(=O)Nc1ccc(OCC(C)C)cc1. The van der Waals surface area contributed by atoms with Crippen LogP contribution in [0.5, 0.6) is 5.75 Å². The van der Waals surface area contributed by atoms with Crippen LogP contribution in [0.25, 0.3) is 0 Å². The van der Waals surface area contributed by atoms with Gasteiger partial charge in [0.25, 0.3) is 0 Å².